The Morgan fingerprint density at radius 1 is 1.24 bits per heavy atom. The van der Waals surface area contributed by atoms with Crippen LogP contribution in [0.2, 0.25) is 0 Å². The van der Waals surface area contributed by atoms with Crippen LogP contribution in [0.5, 0.6) is 5.88 Å². The molecule has 0 bridgehead atoms. The Morgan fingerprint density at radius 3 is 2.71 bits per heavy atom. The van der Waals surface area contributed by atoms with Crippen LogP contribution in [0.15, 0.2) is 34.5 Å². The second kappa shape index (κ2) is 8.10. The molecule has 3 N–H and O–H groups in total. The average molecular weight is 478 g/mol. The van der Waals surface area contributed by atoms with Crippen molar-refractivity contribution in [3.63, 3.8) is 0 Å². The molecule has 1 saturated carbocycles. The van der Waals surface area contributed by atoms with Gasteiger partial charge in [0.15, 0.2) is 11.9 Å². The number of aromatic nitrogens is 2. The van der Waals surface area contributed by atoms with Crippen LogP contribution in [-0.4, -0.2) is 40.7 Å². The number of hydrogen-bond donors (Lipinski definition) is 2. The lowest BCUT2D eigenvalue weighted by Crippen LogP contribution is -2.46. The maximum Gasteiger partial charge on any atom is 0.425 e. The predicted molar refractivity (Wildman–Crippen MR) is 114 cm³/mol. The Bertz CT molecular complexity index is 1160. The lowest BCUT2D eigenvalue weighted by Gasteiger charge is -2.36. The molecule has 34 heavy (non-hydrogen) atoms. The zero-order valence-electron chi connectivity index (χ0n) is 18.2. The highest BCUT2D eigenvalue weighted by atomic mass is 19.4. The molecular formula is C22H22F4N6O2. The zero-order valence-corrected chi connectivity index (χ0v) is 18.2. The molecule has 8 nitrogen and oxygen atoms in total. The lowest BCUT2D eigenvalue weighted by molar-refractivity contribution is -0.208. The summed E-state index contributed by atoms with van der Waals surface area (Å²) < 4.78 is 65.2. The van der Waals surface area contributed by atoms with Gasteiger partial charge in [0.1, 0.15) is 11.5 Å². The highest BCUT2D eigenvalue weighted by molar-refractivity contribution is 5.99. The van der Waals surface area contributed by atoms with Crippen LogP contribution in [0.4, 0.5) is 23.2 Å². The maximum atomic E-state index is 15.0. The molecule has 0 spiro atoms. The normalized spacial score (nSPS) is 24.3. The molecule has 2 atom stereocenters. The predicted octanol–water partition coefficient (Wildman–Crippen LogP) is 3.47. The van der Waals surface area contributed by atoms with Gasteiger partial charge < -0.3 is 20.5 Å². The summed E-state index contributed by atoms with van der Waals surface area (Å²) >= 11 is 0. The molecule has 2 aliphatic heterocycles. The van der Waals surface area contributed by atoms with E-state index in [2.05, 4.69) is 30.0 Å². The van der Waals surface area contributed by atoms with Gasteiger partial charge in [-0.25, -0.2) is 24.3 Å². The zero-order chi connectivity index (χ0) is 24.1. The summed E-state index contributed by atoms with van der Waals surface area (Å²) in [6.45, 7) is 2.26. The Labute approximate surface area is 192 Å². The number of nitrogens with two attached hydrogens (primary N) is 1. The highest BCUT2D eigenvalue weighted by Crippen LogP contribution is 2.42. The van der Waals surface area contributed by atoms with Crippen LogP contribution in [0.1, 0.15) is 43.0 Å². The summed E-state index contributed by atoms with van der Waals surface area (Å²) in [4.78, 5) is 17.1. The van der Waals surface area contributed by atoms with E-state index in [-0.39, 0.29) is 12.1 Å². The average Bonchev–Trinajstić information content (AvgIpc) is 3.61. The van der Waals surface area contributed by atoms with E-state index in [1.807, 2.05) is 0 Å². The van der Waals surface area contributed by atoms with Crippen LogP contribution in [-0.2, 0) is 16.8 Å². The number of fused-ring (bicyclic) bond motifs is 1. The number of amidine groups is 2. The number of benzene rings is 1. The molecule has 180 valence electrons. The van der Waals surface area contributed by atoms with E-state index in [0.29, 0.717) is 41.2 Å². The number of aliphatic imine (C=N–C) groups is 2. The van der Waals surface area contributed by atoms with Gasteiger partial charge in [0.25, 0.3) is 6.02 Å². The standard InChI is InChI=1S/C22H22F4N6O2/c1-21(6-17(22(24,25)26)34-20(27)32-21)13-5-15-12(4-14(13)23)7-30-19(31-15)16-8-29-18(9-28-16)33-10-11-2-3-11/h4-5,8-9,11,17H,2-3,6-7,10H2,1H3,(H2,27,32)(H,30,31)/t17-,21-/m0/s1. The molecule has 12 heteroatoms. The molecule has 0 saturated heterocycles. The number of hydrogen-bond acceptors (Lipinski definition) is 8. The van der Waals surface area contributed by atoms with E-state index >= 15 is 4.39 Å². The van der Waals surface area contributed by atoms with Crippen molar-refractivity contribution < 1.29 is 27.0 Å². The van der Waals surface area contributed by atoms with E-state index in [1.165, 1.54) is 31.5 Å². The number of nitrogens with zero attached hydrogens (tertiary/aromatic N) is 4. The van der Waals surface area contributed by atoms with Crippen molar-refractivity contribution in [1.82, 2.24) is 15.3 Å². The maximum absolute atomic E-state index is 15.0. The number of ether oxygens (including phenoxy) is 2. The molecule has 1 aliphatic carbocycles. The molecule has 3 heterocycles. The smallest absolute Gasteiger partial charge is 0.425 e. The third kappa shape index (κ3) is 4.48. The van der Waals surface area contributed by atoms with Crippen molar-refractivity contribution in [2.45, 2.75) is 50.6 Å². The largest absolute Gasteiger partial charge is 0.476 e. The Kier molecular flexibility index (Phi) is 5.33. The third-order valence-electron chi connectivity index (χ3n) is 6.03. The van der Waals surface area contributed by atoms with Gasteiger partial charge in [-0.2, -0.15) is 13.2 Å². The fraction of sp³-hybridized carbons (Fsp3) is 0.455. The second-order valence-corrected chi connectivity index (χ2v) is 8.85. The summed E-state index contributed by atoms with van der Waals surface area (Å²) in [6.07, 6.45) is -2.13. The molecule has 5 rings (SSSR count). The molecule has 1 fully saturated rings. The van der Waals surface area contributed by atoms with Crippen molar-refractivity contribution in [3.05, 3.63) is 47.2 Å². The fourth-order valence-electron chi connectivity index (χ4n) is 3.97. The summed E-state index contributed by atoms with van der Waals surface area (Å²) in [5, 5.41) is 3.06. The first-order valence-corrected chi connectivity index (χ1v) is 10.8. The summed E-state index contributed by atoms with van der Waals surface area (Å²) in [7, 11) is 0. The van der Waals surface area contributed by atoms with E-state index in [0.717, 1.165) is 12.8 Å². The molecule has 1 aromatic heterocycles. The minimum absolute atomic E-state index is 0.0494. The third-order valence-corrected chi connectivity index (χ3v) is 6.03. The Balaban J connectivity index is 1.43. The quantitative estimate of drug-likeness (QED) is 0.638. The molecule has 1 aromatic carbocycles. The van der Waals surface area contributed by atoms with Gasteiger partial charge in [-0.3, -0.25) is 0 Å². The van der Waals surface area contributed by atoms with Crippen LogP contribution in [0, 0.1) is 11.7 Å². The van der Waals surface area contributed by atoms with Crippen LogP contribution >= 0.6 is 0 Å². The van der Waals surface area contributed by atoms with Crippen molar-refractivity contribution in [2.75, 3.05) is 6.61 Å². The van der Waals surface area contributed by atoms with Gasteiger partial charge in [0.05, 0.1) is 30.2 Å². The monoisotopic (exact) mass is 478 g/mol. The minimum atomic E-state index is -4.67. The van der Waals surface area contributed by atoms with E-state index in [4.69, 9.17) is 10.5 Å². The van der Waals surface area contributed by atoms with Crippen molar-refractivity contribution in [2.24, 2.45) is 21.6 Å². The summed E-state index contributed by atoms with van der Waals surface area (Å²) in [5.74, 6) is 0.706. The summed E-state index contributed by atoms with van der Waals surface area (Å²) in [5.41, 5.74) is 5.28. The van der Waals surface area contributed by atoms with E-state index in [9.17, 15) is 13.2 Å². The van der Waals surface area contributed by atoms with Gasteiger partial charge in [-0.15, -0.1) is 0 Å². The first-order valence-electron chi connectivity index (χ1n) is 10.8. The number of halogens is 4. The van der Waals surface area contributed by atoms with Crippen LogP contribution in [0.25, 0.3) is 0 Å². The van der Waals surface area contributed by atoms with Crippen molar-refractivity contribution in [3.8, 4) is 5.88 Å². The first kappa shape index (κ1) is 22.4. The topological polar surface area (TPSA) is 107 Å². The molecule has 3 aliphatic rings. The molecular weight excluding hydrogens is 456 g/mol. The second-order valence-electron chi connectivity index (χ2n) is 8.85. The molecule has 0 radical (unpaired) electrons. The van der Waals surface area contributed by atoms with E-state index in [1.54, 1.807) is 0 Å². The first-order chi connectivity index (χ1) is 16.1. The summed E-state index contributed by atoms with van der Waals surface area (Å²) in [6, 6.07) is 2.01. The van der Waals surface area contributed by atoms with Gasteiger partial charge in [-0.1, -0.05) is 0 Å². The highest BCUT2D eigenvalue weighted by Gasteiger charge is 2.50. The number of rotatable bonds is 5. The van der Waals surface area contributed by atoms with Crippen LogP contribution < -0.4 is 15.8 Å². The van der Waals surface area contributed by atoms with Crippen molar-refractivity contribution >= 4 is 17.5 Å². The Hall–Kier alpha value is -3.44. The number of alkyl halides is 3. The van der Waals surface area contributed by atoms with Gasteiger partial charge in [0, 0.05) is 18.5 Å². The lowest BCUT2D eigenvalue weighted by atomic mass is 9.84. The SMILES string of the molecule is C[C@@]1(c2cc3c(cc2F)CNC(c2cnc(OCC4CC4)cn2)=N3)C[C@@H](C(F)(F)F)OC(N)=N1. The Morgan fingerprint density at radius 2 is 2.03 bits per heavy atom. The van der Waals surface area contributed by atoms with Gasteiger partial charge in [-0.05, 0) is 43.4 Å². The molecule has 2 aromatic rings. The minimum Gasteiger partial charge on any atom is -0.476 e. The van der Waals surface area contributed by atoms with Crippen molar-refractivity contribution in [1.29, 1.82) is 0 Å². The van der Waals surface area contributed by atoms with Gasteiger partial charge >= 0.3 is 6.18 Å². The van der Waals surface area contributed by atoms with Gasteiger partial charge in [0.2, 0.25) is 5.88 Å². The molecule has 0 unspecified atom stereocenters. The van der Waals surface area contributed by atoms with E-state index < -0.39 is 36.1 Å². The molecule has 0 amide bonds. The fourth-order valence-corrected chi connectivity index (χ4v) is 3.97. The van der Waals surface area contributed by atoms with Crippen LogP contribution in [0.3, 0.4) is 0 Å². The number of nitrogens with one attached hydrogen (secondary N) is 1.